The second-order valence-corrected chi connectivity index (χ2v) is 9.50. The zero-order valence-electron chi connectivity index (χ0n) is 8.65. The highest BCUT2D eigenvalue weighted by Crippen LogP contribution is 2.08. The molecule has 0 rings (SSSR count). The first-order chi connectivity index (χ1) is 4.81. The van der Waals surface area contributed by atoms with E-state index in [2.05, 4.69) is 52.2 Å². The van der Waals surface area contributed by atoms with E-state index in [1.54, 1.807) is 0 Å². The summed E-state index contributed by atoms with van der Waals surface area (Å²) < 4.78 is 0. The average Bonchev–Trinajstić information content (AvgIpc) is 1.53. The van der Waals surface area contributed by atoms with Gasteiger partial charge in [-0.15, -0.1) is 0 Å². The lowest BCUT2D eigenvalue weighted by atomic mass is 10.2. The fourth-order valence-corrected chi connectivity index (χ4v) is 2.63. The Balaban J connectivity index is 4.36. The summed E-state index contributed by atoms with van der Waals surface area (Å²) in [6.45, 7) is 13.5. The molecule has 0 amide bonds. The molecule has 0 fully saturated rings. The molecule has 0 saturated heterocycles. The minimum Gasteiger partial charge on any atom is -0.0921 e. The lowest BCUT2D eigenvalue weighted by Gasteiger charge is -2.09. The molecule has 0 unspecified atom stereocenters. The zero-order valence-corrected chi connectivity index (χ0v) is 9.65. The Labute approximate surface area is 72.0 Å². The molecule has 0 aliphatic rings. The minimum absolute atomic E-state index is 0.994. The third-order valence-corrected chi connectivity index (χ3v) is 2.50. The van der Waals surface area contributed by atoms with Gasteiger partial charge >= 0.3 is 0 Å². The molecule has 0 aromatic carbocycles. The molecule has 11 heavy (non-hydrogen) atoms. The van der Waals surface area contributed by atoms with Crippen LogP contribution in [0.3, 0.4) is 0 Å². The van der Waals surface area contributed by atoms with Crippen LogP contribution in [0.5, 0.6) is 0 Å². The van der Waals surface area contributed by atoms with Crippen LogP contribution in [0, 0.1) is 0 Å². The van der Waals surface area contributed by atoms with Gasteiger partial charge in [0.15, 0.2) is 0 Å². The Morgan fingerprint density at radius 3 is 1.73 bits per heavy atom. The van der Waals surface area contributed by atoms with Crippen LogP contribution in [0.4, 0.5) is 0 Å². The number of rotatable bonds is 2. The second kappa shape index (κ2) is 3.91. The van der Waals surface area contributed by atoms with E-state index in [-0.39, 0.29) is 0 Å². The van der Waals surface area contributed by atoms with Gasteiger partial charge in [0.2, 0.25) is 0 Å². The molecule has 0 heterocycles. The topological polar surface area (TPSA) is 0 Å². The van der Waals surface area contributed by atoms with Gasteiger partial charge in [-0.3, -0.25) is 0 Å². The van der Waals surface area contributed by atoms with E-state index in [4.69, 9.17) is 0 Å². The molecular formula is C10H20Si. The fraction of sp³-hybridized carbons (Fsp3) is 0.600. The average molecular weight is 168 g/mol. The van der Waals surface area contributed by atoms with Crippen molar-refractivity contribution >= 4 is 8.07 Å². The summed E-state index contributed by atoms with van der Waals surface area (Å²) in [5.41, 5.74) is 5.24. The Bertz CT molecular complexity index is 176. The predicted octanol–water partition coefficient (Wildman–Crippen LogP) is 3.78. The normalized spacial score (nSPS) is 13.1. The molecule has 0 aromatic heterocycles. The molecule has 0 spiro atoms. The van der Waals surface area contributed by atoms with Crippen molar-refractivity contribution in [3.63, 3.8) is 0 Å². The van der Waals surface area contributed by atoms with Crippen LogP contribution >= 0.6 is 0 Å². The van der Waals surface area contributed by atoms with Gasteiger partial charge in [-0.25, -0.2) is 0 Å². The lowest BCUT2D eigenvalue weighted by Crippen LogP contribution is -2.16. The van der Waals surface area contributed by atoms with Crippen LogP contribution < -0.4 is 0 Å². The Kier molecular flexibility index (Phi) is 3.80. The van der Waals surface area contributed by atoms with Crippen LogP contribution in [0.1, 0.15) is 20.8 Å². The van der Waals surface area contributed by atoms with Crippen LogP contribution in [-0.2, 0) is 0 Å². The summed E-state index contributed by atoms with van der Waals surface area (Å²) >= 11 is 0. The van der Waals surface area contributed by atoms with Gasteiger partial charge in [-0.1, -0.05) is 42.6 Å². The Morgan fingerprint density at radius 2 is 1.45 bits per heavy atom. The van der Waals surface area contributed by atoms with Gasteiger partial charge in [0.1, 0.15) is 0 Å². The maximum absolute atomic E-state index is 2.43. The summed E-state index contributed by atoms with van der Waals surface area (Å²) in [7, 11) is -0.994. The SMILES string of the molecule is CC(C)=CC(C)=C[Si](C)(C)C. The maximum atomic E-state index is 2.43. The number of allylic oxidation sites excluding steroid dienone is 3. The van der Waals surface area contributed by atoms with Crippen LogP contribution in [0.25, 0.3) is 0 Å². The first-order valence-electron chi connectivity index (χ1n) is 4.15. The van der Waals surface area contributed by atoms with Crippen molar-refractivity contribution in [2.75, 3.05) is 0 Å². The molecule has 0 bridgehead atoms. The molecule has 0 radical (unpaired) electrons. The standard InChI is InChI=1S/C10H20Si/c1-9(2)7-10(3)8-11(4,5)6/h7-8H,1-6H3. The van der Waals surface area contributed by atoms with Gasteiger partial charge in [-0.05, 0) is 20.8 Å². The van der Waals surface area contributed by atoms with Crippen molar-refractivity contribution in [2.45, 2.75) is 40.4 Å². The summed E-state index contributed by atoms with van der Waals surface area (Å²) in [6.07, 6.45) is 2.25. The molecule has 0 nitrogen and oxygen atoms in total. The van der Waals surface area contributed by atoms with E-state index in [1.165, 1.54) is 11.1 Å². The van der Waals surface area contributed by atoms with Crippen molar-refractivity contribution in [1.82, 2.24) is 0 Å². The summed E-state index contributed by atoms with van der Waals surface area (Å²) in [5.74, 6) is 0. The van der Waals surface area contributed by atoms with Crippen molar-refractivity contribution in [3.05, 3.63) is 22.9 Å². The number of hydrogen-bond donors (Lipinski definition) is 0. The van der Waals surface area contributed by atoms with E-state index in [9.17, 15) is 0 Å². The van der Waals surface area contributed by atoms with Crippen LogP contribution in [-0.4, -0.2) is 8.07 Å². The van der Waals surface area contributed by atoms with E-state index in [1.807, 2.05) is 0 Å². The van der Waals surface area contributed by atoms with Crippen molar-refractivity contribution < 1.29 is 0 Å². The van der Waals surface area contributed by atoms with E-state index in [0.29, 0.717) is 0 Å². The molecule has 0 atom stereocenters. The van der Waals surface area contributed by atoms with E-state index in [0.717, 1.165) is 0 Å². The van der Waals surface area contributed by atoms with E-state index < -0.39 is 8.07 Å². The molecule has 0 aliphatic heterocycles. The summed E-state index contributed by atoms with van der Waals surface area (Å²) in [6, 6.07) is 0. The maximum Gasteiger partial charge on any atom is 0.0690 e. The van der Waals surface area contributed by atoms with Gasteiger partial charge in [-0.2, -0.15) is 0 Å². The molecular weight excluding hydrogens is 148 g/mol. The Morgan fingerprint density at radius 1 is 1.00 bits per heavy atom. The highest BCUT2D eigenvalue weighted by molar-refractivity contribution is 6.81. The first kappa shape index (κ1) is 10.7. The molecule has 0 saturated carbocycles. The molecule has 0 aliphatic carbocycles. The molecule has 0 aromatic rings. The smallest absolute Gasteiger partial charge is 0.0690 e. The zero-order chi connectivity index (χ0) is 9.07. The molecule has 0 N–H and O–H groups in total. The highest BCUT2D eigenvalue weighted by Gasteiger charge is 2.07. The number of hydrogen-bond acceptors (Lipinski definition) is 0. The highest BCUT2D eigenvalue weighted by atomic mass is 28.3. The molecule has 1 heteroatoms. The first-order valence-corrected chi connectivity index (χ1v) is 7.73. The summed E-state index contributed by atoms with van der Waals surface area (Å²) in [4.78, 5) is 0. The molecule has 64 valence electrons. The quantitative estimate of drug-likeness (QED) is 0.435. The predicted molar refractivity (Wildman–Crippen MR) is 56.5 cm³/mol. The largest absolute Gasteiger partial charge is 0.0921 e. The third-order valence-electron chi connectivity index (χ3n) is 1.18. The van der Waals surface area contributed by atoms with Crippen molar-refractivity contribution in [3.8, 4) is 0 Å². The van der Waals surface area contributed by atoms with Gasteiger partial charge < -0.3 is 0 Å². The van der Waals surface area contributed by atoms with Crippen LogP contribution in [0.2, 0.25) is 19.6 Å². The van der Waals surface area contributed by atoms with Gasteiger partial charge in [0, 0.05) is 0 Å². The summed E-state index contributed by atoms with van der Waals surface area (Å²) in [5, 5.41) is 0. The van der Waals surface area contributed by atoms with Crippen molar-refractivity contribution in [2.24, 2.45) is 0 Å². The van der Waals surface area contributed by atoms with Crippen LogP contribution in [0.15, 0.2) is 22.9 Å². The monoisotopic (exact) mass is 168 g/mol. The fourth-order valence-electron chi connectivity index (χ4n) is 1.18. The minimum atomic E-state index is -0.994. The Hall–Kier alpha value is -0.303. The van der Waals surface area contributed by atoms with E-state index >= 15 is 0 Å². The second-order valence-electron chi connectivity index (χ2n) is 4.48. The van der Waals surface area contributed by atoms with Gasteiger partial charge in [0.25, 0.3) is 0 Å². The van der Waals surface area contributed by atoms with Gasteiger partial charge in [0.05, 0.1) is 8.07 Å². The third kappa shape index (κ3) is 7.60. The van der Waals surface area contributed by atoms with Crippen molar-refractivity contribution in [1.29, 1.82) is 0 Å². The lowest BCUT2D eigenvalue weighted by molar-refractivity contribution is 1.35.